The molecule has 7 heteroatoms. The maximum absolute atomic E-state index is 12.7. The minimum Gasteiger partial charge on any atom is -0.462 e. The van der Waals surface area contributed by atoms with Crippen molar-refractivity contribution in [1.29, 1.82) is 0 Å². The Morgan fingerprint density at radius 3 is 2.33 bits per heavy atom. The van der Waals surface area contributed by atoms with Gasteiger partial charge in [0.2, 0.25) is 0 Å². The number of ether oxygens (including phenoxy) is 1. The number of halogens is 3. The summed E-state index contributed by atoms with van der Waals surface area (Å²) in [5.41, 5.74) is 0.0271. The predicted molar refractivity (Wildman–Crippen MR) is 82.5 cm³/mol. The molecule has 2 aromatic rings. The van der Waals surface area contributed by atoms with E-state index in [1.54, 1.807) is 6.92 Å². The van der Waals surface area contributed by atoms with Crippen LogP contribution in [0.1, 0.15) is 48.4 Å². The summed E-state index contributed by atoms with van der Waals surface area (Å²) in [6, 6.07) is 4.50. The molecule has 1 heterocycles. The Hall–Kier alpha value is -2.44. The average Bonchev–Trinajstić information content (AvgIpc) is 2.53. The van der Waals surface area contributed by atoms with Crippen molar-refractivity contribution >= 4 is 5.97 Å². The lowest BCUT2D eigenvalue weighted by atomic mass is 10.0. The molecule has 0 N–H and O–H groups in total. The molecule has 1 aromatic carbocycles. The molecule has 0 aliphatic carbocycles. The number of nitrogens with zero attached hydrogens (tertiary/aromatic N) is 2. The van der Waals surface area contributed by atoms with Crippen molar-refractivity contribution in [1.82, 2.24) is 9.97 Å². The Labute approximate surface area is 137 Å². The van der Waals surface area contributed by atoms with Gasteiger partial charge in [0.25, 0.3) is 0 Å². The van der Waals surface area contributed by atoms with Gasteiger partial charge < -0.3 is 4.74 Å². The summed E-state index contributed by atoms with van der Waals surface area (Å²) in [7, 11) is 0. The van der Waals surface area contributed by atoms with E-state index in [1.807, 2.05) is 13.8 Å². The van der Waals surface area contributed by atoms with Crippen LogP contribution in [0.25, 0.3) is 11.3 Å². The number of rotatable bonds is 4. The van der Waals surface area contributed by atoms with E-state index in [1.165, 1.54) is 18.3 Å². The van der Waals surface area contributed by atoms with E-state index < -0.39 is 17.7 Å². The fraction of sp³-hybridized carbons (Fsp3) is 0.353. The number of aromatic nitrogens is 2. The van der Waals surface area contributed by atoms with Crippen LogP contribution >= 0.6 is 0 Å². The number of carbonyl (C=O) groups excluding carboxylic acids is 1. The molecule has 0 spiro atoms. The summed E-state index contributed by atoms with van der Waals surface area (Å²) < 4.78 is 43.1. The second kappa shape index (κ2) is 6.98. The van der Waals surface area contributed by atoms with Gasteiger partial charge in [-0.15, -0.1) is 0 Å². The van der Waals surface area contributed by atoms with Crippen LogP contribution in [-0.4, -0.2) is 22.5 Å². The summed E-state index contributed by atoms with van der Waals surface area (Å²) >= 11 is 0. The second-order valence-corrected chi connectivity index (χ2v) is 5.44. The first-order valence-electron chi connectivity index (χ1n) is 7.45. The number of benzene rings is 1. The summed E-state index contributed by atoms with van der Waals surface area (Å²) in [5.74, 6) is -0.102. The predicted octanol–water partition coefficient (Wildman–Crippen LogP) is 4.46. The van der Waals surface area contributed by atoms with Gasteiger partial charge in [-0.25, -0.2) is 14.8 Å². The van der Waals surface area contributed by atoms with Gasteiger partial charge in [-0.2, -0.15) is 13.2 Å². The number of alkyl halides is 3. The Morgan fingerprint density at radius 1 is 1.21 bits per heavy atom. The van der Waals surface area contributed by atoms with Crippen molar-refractivity contribution in [3.63, 3.8) is 0 Å². The standard InChI is InChI=1S/C17H17F3N2O2/c1-4-24-16(23)13-9-21-15(10(2)3)22-14(13)11-5-7-12(8-6-11)17(18,19)20/h5-10H,4H2,1-3H3. The largest absolute Gasteiger partial charge is 0.462 e. The maximum atomic E-state index is 12.7. The Morgan fingerprint density at radius 2 is 1.83 bits per heavy atom. The number of carbonyl (C=O) groups is 1. The topological polar surface area (TPSA) is 52.1 Å². The van der Waals surface area contributed by atoms with Crippen LogP contribution in [0.5, 0.6) is 0 Å². The van der Waals surface area contributed by atoms with Gasteiger partial charge in [0.15, 0.2) is 0 Å². The Balaban J connectivity index is 2.53. The summed E-state index contributed by atoms with van der Waals surface area (Å²) in [5, 5.41) is 0. The fourth-order valence-electron chi connectivity index (χ4n) is 2.07. The average molecular weight is 338 g/mol. The lowest BCUT2D eigenvalue weighted by Gasteiger charge is -2.12. The van der Waals surface area contributed by atoms with Gasteiger partial charge in [0.1, 0.15) is 11.4 Å². The molecule has 2 rings (SSSR count). The highest BCUT2D eigenvalue weighted by molar-refractivity contribution is 5.95. The molecule has 0 aliphatic rings. The van der Waals surface area contributed by atoms with E-state index in [-0.39, 0.29) is 23.8 Å². The zero-order valence-electron chi connectivity index (χ0n) is 13.5. The molecular formula is C17H17F3N2O2. The third-order valence-electron chi connectivity index (χ3n) is 3.30. The van der Waals surface area contributed by atoms with E-state index in [4.69, 9.17) is 4.74 Å². The van der Waals surface area contributed by atoms with E-state index >= 15 is 0 Å². The summed E-state index contributed by atoms with van der Waals surface area (Å²) in [6.45, 7) is 5.61. The molecule has 0 radical (unpaired) electrons. The molecule has 128 valence electrons. The lowest BCUT2D eigenvalue weighted by molar-refractivity contribution is -0.137. The first kappa shape index (κ1) is 17.9. The molecule has 0 atom stereocenters. The van der Waals surface area contributed by atoms with Gasteiger partial charge in [-0.1, -0.05) is 26.0 Å². The monoisotopic (exact) mass is 338 g/mol. The first-order valence-corrected chi connectivity index (χ1v) is 7.45. The minimum absolute atomic E-state index is 0.00874. The Bertz CT molecular complexity index is 726. The number of hydrogen-bond donors (Lipinski definition) is 0. The quantitative estimate of drug-likeness (QED) is 0.772. The van der Waals surface area contributed by atoms with Crippen molar-refractivity contribution < 1.29 is 22.7 Å². The minimum atomic E-state index is -4.42. The molecular weight excluding hydrogens is 321 g/mol. The fourth-order valence-corrected chi connectivity index (χ4v) is 2.07. The van der Waals surface area contributed by atoms with Crippen LogP contribution in [0, 0.1) is 0 Å². The molecule has 0 aliphatic heterocycles. The van der Waals surface area contributed by atoms with Crippen LogP contribution < -0.4 is 0 Å². The summed E-state index contributed by atoms with van der Waals surface area (Å²) in [4.78, 5) is 20.5. The highest BCUT2D eigenvalue weighted by atomic mass is 19.4. The van der Waals surface area contributed by atoms with Gasteiger partial charge in [-0.05, 0) is 19.1 Å². The van der Waals surface area contributed by atoms with E-state index in [0.717, 1.165) is 12.1 Å². The van der Waals surface area contributed by atoms with E-state index in [0.29, 0.717) is 11.4 Å². The second-order valence-electron chi connectivity index (χ2n) is 5.44. The SMILES string of the molecule is CCOC(=O)c1cnc(C(C)C)nc1-c1ccc(C(F)(F)F)cc1. The van der Waals surface area contributed by atoms with Gasteiger partial charge in [0.05, 0.1) is 17.9 Å². The Kier molecular flexibility index (Phi) is 5.21. The highest BCUT2D eigenvalue weighted by Gasteiger charge is 2.30. The van der Waals surface area contributed by atoms with E-state index in [2.05, 4.69) is 9.97 Å². The lowest BCUT2D eigenvalue weighted by Crippen LogP contribution is -2.11. The molecule has 1 aromatic heterocycles. The van der Waals surface area contributed by atoms with E-state index in [9.17, 15) is 18.0 Å². The van der Waals surface area contributed by atoms with Gasteiger partial charge in [-0.3, -0.25) is 0 Å². The first-order chi connectivity index (χ1) is 11.2. The highest BCUT2D eigenvalue weighted by Crippen LogP contribution is 2.31. The van der Waals surface area contributed by atoms with Gasteiger partial charge in [0, 0.05) is 17.7 Å². The molecule has 24 heavy (non-hydrogen) atoms. The zero-order chi connectivity index (χ0) is 17.9. The number of hydrogen-bond acceptors (Lipinski definition) is 4. The molecule has 0 amide bonds. The van der Waals surface area contributed by atoms with Crippen LogP contribution in [0.15, 0.2) is 30.5 Å². The molecule has 4 nitrogen and oxygen atoms in total. The van der Waals surface area contributed by atoms with Crippen molar-refractivity contribution in [2.75, 3.05) is 6.61 Å². The van der Waals surface area contributed by atoms with Gasteiger partial charge >= 0.3 is 12.1 Å². The maximum Gasteiger partial charge on any atom is 0.416 e. The van der Waals surface area contributed by atoms with Crippen LogP contribution in [0.3, 0.4) is 0 Å². The molecule has 0 fully saturated rings. The van der Waals surface area contributed by atoms with Crippen LogP contribution in [0.2, 0.25) is 0 Å². The third-order valence-corrected chi connectivity index (χ3v) is 3.30. The van der Waals surface area contributed by atoms with Crippen molar-refractivity contribution in [3.8, 4) is 11.3 Å². The van der Waals surface area contributed by atoms with Crippen molar-refractivity contribution in [2.45, 2.75) is 32.9 Å². The summed E-state index contributed by atoms with van der Waals surface area (Å²) in [6.07, 6.45) is -3.06. The van der Waals surface area contributed by atoms with Crippen molar-refractivity contribution in [2.24, 2.45) is 0 Å². The van der Waals surface area contributed by atoms with Crippen LogP contribution in [-0.2, 0) is 10.9 Å². The number of esters is 1. The van der Waals surface area contributed by atoms with Crippen LogP contribution in [0.4, 0.5) is 13.2 Å². The normalized spacial score (nSPS) is 11.6. The van der Waals surface area contributed by atoms with Crippen molar-refractivity contribution in [3.05, 3.63) is 47.4 Å². The molecule has 0 unspecified atom stereocenters. The third kappa shape index (κ3) is 3.90. The zero-order valence-corrected chi connectivity index (χ0v) is 13.5. The molecule has 0 bridgehead atoms. The molecule has 0 saturated heterocycles. The smallest absolute Gasteiger partial charge is 0.416 e. The molecule has 0 saturated carbocycles.